The minimum atomic E-state index is -1.23. The zero-order valence-corrected chi connectivity index (χ0v) is 11.5. The Labute approximate surface area is 111 Å². The Morgan fingerprint density at radius 1 is 1.21 bits per heavy atom. The Bertz CT molecular complexity index is 369. The predicted octanol–water partition coefficient (Wildman–Crippen LogP) is 1.04. The summed E-state index contributed by atoms with van der Waals surface area (Å²) in [5.41, 5.74) is -0.591. The van der Waals surface area contributed by atoms with Crippen molar-refractivity contribution >= 4 is 18.0 Å². The lowest BCUT2D eigenvalue weighted by molar-refractivity contribution is -0.139. The number of carboxylic acid groups (broad SMARTS) is 1. The van der Waals surface area contributed by atoms with E-state index in [9.17, 15) is 14.4 Å². The number of esters is 1. The van der Waals surface area contributed by atoms with Crippen molar-refractivity contribution < 1.29 is 29.0 Å². The van der Waals surface area contributed by atoms with Gasteiger partial charge in [-0.1, -0.05) is 0 Å². The molecule has 0 aromatic carbocycles. The van der Waals surface area contributed by atoms with Gasteiger partial charge in [0, 0.05) is 19.2 Å². The molecule has 0 unspecified atom stereocenters. The van der Waals surface area contributed by atoms with Crippen LogP contribution in [0, 0.1) is 0 Å². The van der Waals surface area contributed by atoms with E-state index in [1.807, 2.05) is 0 Å². The van der Waals surface area contributed by atoms with E-state index in [1.54, 1.807) is 20.8 Å². The van der Waals surface area contributed by atoms with Gasteiger partial charge in [0.15, 0.2) is 0 Å². The first-order valence-corrected chi connectivity index (χ1v) is 5.63. The monoisotopic (exact) mass is 273 g/mol. The van der Waals surface area contributed by atoms with Gasteiger partial charge in [0.2, 0.25) is 0 Å². The fraction of sp³-hybridized carbons (Fsp3) is 0.583. The molecule has 0 fully saturated rings. The maximum absolute atomic E-state index is 11.5. The largest absolute Gasteiger partial charge is 0.478 e. The molecule has 0 aliphatic carbocycles. The number of carboxylic acids is 1. The summed E-state index contributed by atoms with van der Waals surface area (Å²) in [4.78, 5) is 33.9. The fourth-order valence-corrected chi connectivity index (χ4v) is 0.902. The molecule has 0 radical (unpaired) electrons. The molecular weight excluding hydrogens is 254 g/mol. The lowest BCUT2D eigenvalue weighted by Gasteiger charge is -2.24. The third-order valence-corrected chi connectivity index (χ3v) is 1.74. The number of carbonyl (C=O) groups excluding carboxylic acids is 2. The Balaban J connectivity index is 3.98. The first-order chi connectivity index (χ1) is 8.61. The smallest absolute Gasteiger partial charge is 0.410 e. The summed E-state index contributed by atoms with van der Waals surface area (Å²) in [6, 6.07) is 0. The number of carbonyl (C=O) groups is 3. The Hall–Kier alpha value is -2.05. The maximum atomic E-state index is 11.5. The van der Waals surface area contributed by atoms with Crippen LogP contribution in [0.3, 0.4) is 0 Å². The molecule has 0 aromatic heterocycles. The number of likely N-dealkylation sites (N-methyl/N-ethyl adjacent to an activating group) is 1. The number of rotatable bonds is 5. The molecule has 108 valence electrons. The van der Waals surface area contributed by atoms with Crippen LogP contribution in [0.2, 0.25) is 0 Å². The molecule has 7 nitrogen and oxygen atoms in total. The van der Waals surface area contributed by atoms with Gasteiger partial charge < -0.3 is 19.5 Å². The highest BCUT2D eigenvalue weighted by molar-refractivity contribution is 5.90. The lowest BCUT2D eigenvalue weighted by atomic mass is 10.2. The second-order valence-electron chi connectivity index (χ2n) is 4.74. The Kier molecular flexibility index (Phi) is 6.60. The second-order valence-corrected chi connectivity index (χ2v) is 4.74. The number of nitrogens with zero attached hydrogens (tertiary/aromatic N) is 1. The highest BCUT2D eigenvalue weighted by Gasteiger charge is 2.19. The minimum absolute atomic E-state index is 0.0431. The molecule has 0 rings (SSSR count). The van der Waals surface area contributed by atoms with Crippen molar-refractivity contribution in [3.8, 4) is 0 Å². The predicted molar refractivity (Wildman–Crippen MR) is 66.6 cm³/mol. The number of aliphatic carboxylic acids is 1. The summed E-state index contributed by atoms with van der Waals surface area (Å²) in [5, 5.41) is 8.29. The SMILES string of the molecule is CN(CCOC(=O)/C=C/C(=O)O)C(=O)OC(C)(C)C. The van der Waals surface area contributed by atoms with Crippen LogP contribution in [0.15, 0.2) is 12.2 Å². The number of ether oxygens (including phenoxy) is 2. The van der Waals surface area contributed by atoms with E-state index in [-0.39, 0.29) is 13.2 Å². The Morgan fingerprint density at radius 3 is 2.26 bits per heavy atom. The van der Waals surface area contributed by atoms with Crippen molar-refractivity contribution in [2.45, 2.75) is 26.4 Å². The first kappa shape index (κ1) is 16.9. The quantitative estimate of drug-likeness (QED) is 0.594. The lowest BCUT2D eigenvalue weighted by Crippen LogP contribution is -2.36. The fourth-order valence-electron chi connectivity index (χ4n) is 0.902. The highest BCUT2D eigenvalue weighted by atomic mass is 16.6. The van der Waals surface area contributed by atoms with Crippen LogP contribution >= 0.6 is 0 Å². The van der Waals surface area contributed by atoms with Crippen molar-refractivity contribution in [3.63, 3.8) is 0 Å². The summed E-state index contributed by atoms with van der Waals surface area (Å²) in [6.45, 7) is 5.35. The van der Waals surface area contributed by atoms with Crippen molar-refractivity contribution in [1.82, 2.24) is 4.90 Å². The average molecular weight is 273 g/mol. The molecule has 0 aromatic rings. The van der Waals surface area contributed by atoms with Gasteiger partial charge in [-0.05, 0) is 20.8 Å². The molecule has 0 heterocycles. The molecule has 0 saturated heterocycles. The number of amides is 1. The first-order valence-electron chi connectivity index (χ1n) is 5.63. The molecule has 0 spiro atoms. The molecule has 0 aliphatic rings. The third-order valence-electron chi connectivity index (χ3n) is 1.74. The Morgan fingerprint density at radius 2 is 1.79 bits per heavy atom. The molecule has 0 aliphatic heterocycles. The van der Waals surface area contributed by atoms with Crippen molar-refractivity contribution in [2.24, 2.45) is 0 Å². The normalized spacial score (nSPS) is 11.2. The van der Waals surface area contributed by atoms with E-state index in [2.05, 4.69) is 0 Å². The molecule has 7 heteroatoms. The van der Waals surface area contributed by atoms with Crippen molar-refractivity contribution in [2.75, 3.05) is 20.2 Å². The van der Waals surface area contributed by atoms with E-state index in [0.717, 1.165) is 6.08 Å². The van der Waals surface area contributed by atoms with E-state index in [0.29, 0.717) is 6.08 Å². The summed E-state index contributed by atoms with van der Waals surface area (Å²) < 4.78 is 9.80. The van der Waals surface area contributed by atoms with E-state index in [4.69, 9.17) is 14.6 Å². The van der Waals surface area contributed by atoms with Crippen molar-refractivity contribution in [1.29, 1.82) is 0 Å². The molecule has 1 amide bonds. The molecule has 1 N–H and O–H groups in total. The van der Waals surface area contributed by atoms with Crippen LogP contribution in [0.25, 0.3) is 0 Å². The van der Waals surface area contributed by atoms with Gasteiger partial charge in [-0.15, -0.1) is 0 Å². The van der Waals surface area contributed by atoms with Crippen LogP contribution in [-0.2, 0) is 19.1 Å². The van der Waals surface area contributed by atoms with Gasteiger partial charge in [0.25, 0.3) is 0 Å². The highest BCUT2D eigenvalue weighted by Crippen LogP contribution is 2.08. The zero-order valence-electron chi connectivity index (χ0n) is 11.5. The summed E-state index contributed by atoms with van der Waals surface area (Å²) in [6.07, 6.45) is 0.958. The molecular formula is C12H19NO6. The summed E-state index contributed by atoms with van der Waals surface area (Å²) in [7, 11) is 1.51. The van der Waals surface area contributed by atoms with E-state index in [1.165, 1.54) is 11.9 Å². The van der Waals surface area contributed by atoms with Crippen molar-refractivity contribution in [3.05, 3.63) is 12.2 Å². The van der Waals surface area contributed by atoms with Crippen LogP contribution in [0.4, 0.5) is 4.79 Å². The van der Waals surface area contributed by atoms with Crippen LogP contribution in [0.1, 0.15) is 20.8 Å². The zero-order chi connectivity index (χ0) is 15.1. The van der Waals surface area contributed by atoms with E-state index >= 15 is 0 Å². The van der Waals surface area contributed by atoms with Gasteiger partial charge in [-0.3, -0.25) is 0 Å². The molecule has 0 bridgehead atoms. The van der Waals surface area contributed by atoms with Crippen LogP contribution in [-0.4, -0.2) is 53.8 Å². The third kappa shape index (κ3) is 9.63. The number of hydrogen-bond donors (Lipinski definition) is 1. The molecule has 0 saturated carbocycles. The van der Waals surface area contributed by atoms with Gasteiger partial charge in [0.1, 0.15) is 12.2 Å². The van der Waals surface area contributed by atoms with Gasteiger partial charge in [0.05, 0.1) is 6.54 Å². The molecule has 19 heavy (non-hydrogen) atoms. The number of hydrogen-bond acceptors (Lipinski definition) is 5. The van der Waals surface area contributed by atoms with Crippen LogP contribution < -0.4 is 0 Å². The van der Waals surface area contributed by atoms with Gasteiger partial charge in [-0.2, -0.15) is 0 Å². The maximum Gasteiger partial charge on any atom is 0.410 e. The summed E-state index contributed by atoms with van der Waals surface area (Å²) in [5.74, 6) is -2.01. The second kappa shape index (κ2) is 7.40. The minimum Gasteiger partial charge on any atom is -0.478 e. The average Bonchev–Trinajstić information content (AvgIpc) is 2.23. The topological polar surface area (TPSA) is 93.1 Å². The van der Waals surface area contributed by atoms with Gasteiger partial charge in [-0.25, -0.2) is 14.4 Å². The van der Waals surface area contributed by atoms with Gasteiger partial charge >= 0.3 is 18.0 Å². The van der Waals surface area contributed by atoms with Crippen LogP contribution in [0.5, 0.6) is 0 Å². The molecule has 0 atom stereocenters. The summed E-state index contributed by atoms with van der Waals surface area (Å²) >= 11 is 0. The standard InChI is InChI=1S/C12H19NO6/c1-12(2,3)19-11(17)13(4)7-8-18-10(16)6-5-9(14)15/h5-6H,7-8H2,1-4H3,(H,14,15)/b6-5+. The van der Waals surface area contributed by atoms with E-state index < -0.39 is 23.6 Å².